The number of hydrogen-bond acceptors (Lipinski definition) is 4. The summed E-state index contributed by atoms with van der Waals surface area (Å²) in [6.07, 6.45) is -0.474. The van der Waals surface area contributed by atoms with E-state index in [1.54, 1.807) is 20.8 Å². The smallest absolute Gasteiger partial charge is 0.345 e. The van der Waals surface area contributed by atoms with Crippen LogP contribution in [0.1, 0.15) is 20.8 Å². The van der Waals surface area contributed by atoms with E-state index in [-0.39, 0.29) is 5.97 Å². The molecule has 1 heterocycles. The highest BCUT2D eigenvalue weighted by atomic mass is 79.9. The molecule has 1 aliphatic heterocycles. The number of ether oxygens (including phenoxy) is 2. The van der Waals surface area contributed by atoms with Gasteiger partial charge in [0.25, 0.3) is 0 Å². The largest absolute Gasteiger partial charge is 0.465 e. The van der Waals surface area contributed by atoms with Crippen LogP contribution in [0.15, 0.2) is 10.1 Å². The van der Waals surface area contributed by atoms with Crippen molar-refractivity contribution in [3.8, 4) is 0 Å². The van der Waals surface area contributed by atoms with Crippen molar-refractivity contribution >= 4 is 27.9 Å². The zero-order valence-electron chi connectivity index (χ0n) is 8.87. The van der Waals surface area contributed by atoms with Crippen molar-refractivity contribution in [3.05, 3.63) is 10.1 Å². The van der Waals surface area contributed by atoms with E-state index in [0.29, 0.717) is 16.7 Å². The van der Waals surface area contributed by atoms with Gasteiger partial charge in [0.2, 0.25) is 0 Å². The van der Waals surface area contributed by atoms with Crippen molar-refractivity contribution in [1.82, 2.24) is 0 Å². The summed E-state index contributed by atoms with van der Waals surface area (Å²) in [6, 6.07) is 0. The standard InChI is InChI=1S/C10H13BrO4/c1-4-14-9(12)7-5(2)8(11)10(13)15-6(7)3/h6-7H,4H2,1-3H3/t6-,7+/m0/s1. The van der Waals surface area contributed by atoms with E-state index in [9.17, 15) is 9.59 Å². The van der Waals surface area contributed by atoms with Gasteiger partial charge in [-0.3, -0.25) is 4.79 Å². The first-order valence-electron chi connectivity index (χ1n) is 4.72. The molecule has 15 heavy (non-hydrogen) atoms. The molecule has 1 aliphatic rings. The Morgan fingerprint density at radius 1 is 1.60 bits per heavy atom. The Morgan fingerprint density at radius 2 is 2.20 bits per heavy atom. The fourth-order valence-corrected chi connectivity index (χ4v) is 1.88. The normalized spacial score (nSPS) is 26.3. The van der Waals surface area contributed by atoms with Gasteiger partial charge in [-0.2, -0.15) is 0 Å². The molecule has 84 valence electrons. The zero-order valence-corrected chi connectivity index (χ0v) is 10.5. The monoisotopic (exact) mass is 276 g/mol. The molecule has 0 radical (unpaired) electrons. The molecule has 0 aromatic rings. The van der Waals surface area contributed by atoms with Crippen molar-refractivity contribution in [2.24, 2.45) is 5.92 Å². The number of esters is 2. The Balaban J connectivity index is 2.97. The van der Waals surface area contributed by atoms with E-state index in [1.165, 1.54) is 0 Å². The highest BCUT2D eigenvalue weighted by Crippen LogP contribution is 2.31. The van der Waals surface area contributed by atoms with Gasteiger partial charge in [0, 0.05) is 0 Å². The third-order valence-electron chi connectivity index (χ3n) is 2.29. The minimum Gasteiger partial charge on any atom is -0.465 e. The van der Waals surface area contributed by atoms with Gasteiger partial charge in [-0.05, 0) is 42.3 Å². The fourth-order valence-electron chi connectivity index (χ4n) is 1.54. The van der Waals surface area contributed by atoms with Gasteiger partial charge < -0.3 is 9.47 Å². The molecule has 0 fully saturated rings. The van der Waals surface area contributed by atoms with E-state index in [0.717, 1.165) is 0 Å². The van der Waals surface area contributed by atoms with Crippen LogP contribution < -0.4 is 0 Å². The first-order valence-corrected chi connectivity index (χ1v) is 5.52. The van der Waals surface area contributed by atoms with Gasteiger partial charge >= 0.3 is 11.9 Å². The molecule has 0 N–H and O–H groups in total. The van der Waals surface area contributed by atoms with Gasteiger partial charge in [-0.15, -0.1) is 0 Å². The molecule has 0 spiro atoms. The van der Waals surface area contributed by atoms with Gasteiger partial charge in [0.1, 0.15) is 16.5 Å². The lowest BCUT2D eigenvalue weighted by atomic mass is 9.93. The van der Waals surface area contributed by atoms with Crippen molar-refractivity contribution in [3.63, 3.8) is 0 Å². The van der Waals surface area contributed by atoms with Gasteiger partial charge in [-0.1, -0.05) is 0 Å². The highest BCUT2D eigenvalue weighted by molar-refractivity contribution is 9.12. The maximum atomic E-state index is 11.6. The number of carbonyl (C=O) groups is 2. The lowest BCUT2D eigenvalue weighted by molar-refractivity contribution is -0.158. The summed E-state index contributed by atoms with van der Waals surface area (Å²) in [4.78, 5) is 22.9. The van der Waals surface area contributed by atoms with Crippen LogP contribution in [0.25, 0.3) is 0 Å². The highest BCUT2D eigenvalue weighted by Gasteiger charge is 2.37. The molecular weight excluding hydrogens is 264 g/mol. The summed E-state index contributed by atoms with van der Waals surface area (Å²) < 4.78 is 10.2. The molecule has 0 unspecified atom stereocenters. The van der Waals surface area contributed by atoms with E-state index in [2.05, 4.69) is 15.9 Å². The van der Waals surface area contributed by atoms with Gasteiger partial charge in [0.05, 0.1) is 6.61 Å². The van der Waals surface area contributed by atoms with Crippen LogP contribution in [0.3, 0.4) is 0 Å². The maximum absolute atomic E-state index is 11.6. The number of halogens is 1. The second kappa shape index (κ2) is 4.79. The Morgan fingerprint density at radius 3 is 2.73 bits per heavy atom. The summed E-state index contributed by atoms with van der Waals surface area (Å²) in [5.41, 5.74) is 0.664. The first-order chi connectivity index (χ1) is 6.99. The zero-order chi connectivity index (χ0) is 11.6. The lowest BCUT2D eigenvalue weighted by Gasteiger charge is -2.28. The third-order valence-corrected chi connectivity index (χ3v) is 3.24. The van der Waals surface area contributed by atoms with E-state index >= 15 is 0 Å². The van der Waals surface area contributed by atoms with Crippen molar-refractivity contribution < 1.29 is 19.1 Å². The minimum atomic E-state index is -0.503. The Kier molecular flexibility index (Phi) is 3.90. The summed E-state index contributed by atoms with van der Waals surface area (Å²) in [6.45, 7) is 5.47. The average molecular weight is 277 g/mol. The molecule has 4 nitrogen and oxygen atoms in total. The molecule has 5 heteroatoms. The third kappa shape index (κ3) is 2.40. The Labute approximate surface area is 96.7 Å². The summed E-state index contributed by atoms with van der Waals surface area (Å²) in [5.74, 6) is -1.29. The average Bonchev–Trinajstić information content (AvgIpc) is 2.15. The van der Waals surface area contributed by atoms with E-state index in [1.807, 2.05) is 0 Å². The molecule has 2 atom stereocenters. The Hall–Kier alpha value is -0.840. The van der Waals surface area contributed by atoms with E-state index in [4.69, 9.17) is 9.47 Å². The quantitative estimate of drug-likeness (QED) is 0.722. The molecule has 0 bridgehead atoms. The van der Waals surface area contributed by atoms with Crippen molar-refractivity contribution in [2.45, 2.75) is 26.9 Å². The van der Waals surface area contributed by atoms with Crippen LogP contribution in [0.4, 0.5) is 0 Å². The number of cyclic esters (lactones) is 1. The van der Waals surface area contributed by atoms with Crippen LogP contribution in [0.5, 0.6) is 0 Å². The lowest BCUT2D eigenvalue weighted by Crippen LogP contribution is -2.37. The first kappa shape index (κ1) is 12.2. The molecule has 0 aromatic carbocycles. The SMILES string of the molecule is CCOC(=O)[C@@H]1C(C)=C(Br)C(=O)O[C@H]1C. The molecule has 0 aliphatic carbocycles. The van der Waals surface area contributed by atoms with Crippen LogP contribution in [0.2, 0.25) is 0 Å². The van der Waals surface area contributed by atoms with Crippen molar-refractivity contribution in [2.75, 3.05) is 6.61 Å². The molecular formula is C10H13BrO4. The van der Waals surface area contributed by atoms with Crippen LogP contribution >= 0.6 is 15.9 Å². The molecule has 0 aromatic heterocycles. The van der Waals surface area contributed by atoms with Crippen molar-refractivity contribution in [1.29, 1.82) is 0 Å². The fraction of sp³-hybridized carbons (Fsp3) is 0.600. The van der Waals surface area contributed by atoms with Gasteiger partial charge in [0.15, 0.2) is 0 Å². The van der Waals surface area contributed by atoms with E-state index < -0.39 is 18.0 Å². The Bertz CT molecular complexity index is 321. The summed E-state index contributed by atoms with van der Waals surface area (Å²) in [7, 11) is 0. The predicted octanol–water partition coefficient (Wildman–Crippen LogP) is 1.78. The molecule has 1 rings (SSSR count). The van der Waals surface area contributed by atoms with Crippen LogP contribution in [-0.4, -0.2) is 24.6 Å². The summed E-state index contributed by atoms with van der Waals surface area (Å²) in [5, 5.41) is 0. The summed E-state index contributed by atoms with van der Waals surface area (Å²) >= 11 is 3.10. The number of hydrogen-bond donors (Lipinski definition) is 0. The van der Waals surface area contributed by atoms with Crippen LogP contribution in [0, 0.1) is 5.92 Å². The second-order valence-electron chi connectivity index (χ2n) is 3.34. The second-order valence-corrected chi connectivity index (χ2v) is 4.13. The van der Waals surface area contributed by atoms with Crippen LogP contribution in [-0.2, 0) is 19.1 Å². The molecule has 0 saturated carbocycles. The maximum Gasteiger partial charge on any atom is 0.345 e. The number of rotatable bonds is 2. The topological polar surface area (TPSA) is 52.6 Å². The van der Waals surface area contributed by atoms with Gasteiger partial charge in [-0.25, -0.2) is 4.79 Å². The minimum absolute atomic E-state index is 0.318. The molecule has 0 amide bonds. The predicted molar refractivity (Wildman–Crippen MR) is 57.3 cm³/mol. The number of carbonyl (C=O) groups excluding carboxylic acids is 2. The molecule has 0 saturated heterocycles.